The predicted octanol–water partition coefficient (Wildman–Crippen LogP) is 1.33. The van der Waals surface area contributed by atoms with E-state index in [9.17, 15) is 4.79 Å². The summed E-state index contributed by atoms with van der Waals surface area (Å²) in [6.07, 6.45) is 2.56. The molecule has 0 atom stereocenters. The maximum absolute atomic E-state index is 9.83. The van der Waals surface area contributed by atoms with Crippen molar-refractivity contribution in [3.05, 3.63) is 0 Å². The molecular weight excluding hydrogens is 136 g/mol. The number of hydrogen-bond donors (Lipinski definition) is 0. The Morgan fingerprint density at radius 3 is 2.89 bits per heavy atom. The molecule has 0 fully saturated rings. The summed E-state index contributed by atoms with van der Waals surface area (Å²) in [7, 11) is 0. The molecule has 0 unspecified atom stereocenters. The summed E-state index contributed by atoms with van der Waals surface area (Å²) in [5, 5.41) is 0.0588. The number of carbonyl (C=O) groups is 1. The molecule has 0 N–H and O–H groups in total. The summed E-state index contributed by atoms with van der Waals surface area (Å²) in [5.74, 6) is 0. The van der Waals surface area contributed by atoms with E-state index in [2.05, 4.69) is 12.2 Å². The van der Waals surface area contributed by atoms with Crippen LogP contribution in [-0.4, -0.2) is 17.9 Å². The third kappa shape index (κ3) is 5.43. The van der Waals surface area contributed by atoms with Gasteiger partial charge in [-0.15, -0.1) is 0 Å². The Hall–Kier alpha value is -0.440. The van der Waals surface area contributed by atoms with E-state index in [1.54, 1.807) is 0 Å². The first-order chi connectivity index (χ1) is 4.31. The summed E-state index contributed by atoms with van der Waals surface area (Å²) in [6.45, 7) is 2.61. The van der Waals surface area contributed by atoms with Crippen molar-refractivity contribution >= 4 is 23.6 Å². The summed E-state index contributed by atoms with van der Waals surface area (Å²) >= 11 is 4.48. The summed E-state index contributed by atoms with van der Waals surface area (Å²) in [6, 6.07) is 0. The molecule has 0 aliphatic rings. The Labute approximate surface area is 60.2 Å². The van der Waals surface area contributed by atoms with E-state index in [0.717, 1.165) is 12.8 Å². The van der Waals surface area contributed by atoms with E-state index in [1.165, 1.54) is 0 Å². The third-order valence-electron chi connectivity index (χ3n) is 0.838. The number of carbonyl (C=O) groups excluding carboxylic acids is 1. The molecule has 0 radical (unpaired) electrons. The fourth-order valence-electron chi connectivity index (χ4n) is 0.351. The molecule has 0 aromatic heterocycles. The molecule has 3 heteroatoms. The molecular formula is C6H10O2S. The monoisotopic (exact) mass is 146 g/mol. The fourth-order valence-corrected chi connectivity index (χ4v) is 0.434. The SMILES string of the molecule is CCCCOC(=S)C=O. The van der Waals surface area contributed by atoms with E-state index in [1.807, 2.05) is 6.92 Å². The highest BCUT2D eigenvalue weighted by atomic mass is 32.1. The zero-order valence-corrected chi connectivity index (χ0v) is 6.24. The van der Waals surface area contributed by atoms with Gasteiger partial charge in [0.1, 0.15) is 0 Å². The van der Waals surface area contributed by atoms with Crippen LogP contribution in [0.15, 0.2) is 0 Å². The van der Waals surface area contributed by atoms with E-state index >= 15 is 0 Å². The third-order valence-corrected chi connectivity index (χ3v) is 1.05. The minimum atomic E-state index is 0.0588. The van der Waals surface area contributed by atoms with E-state index < -0.39 is 0 Å². The summed E-state index contributed by atoms with van der Waals surface area (Å²) < 4.78 is 4.79. The number of ether oxygens (including phenoxy) is 1. The lowest BCUT2D eigenvalue weighted by Gasteiger charge is -1.98. The summed E-state index contributed by atoms with van der Waals surface area (Å²) in [4.78, 5) is 9.83. The highest BCUT2D eigenvalue weighted by Crippen LogP contribution is 1.87. The van der Waals surface area contributed by atoms with Crippen molar-refractivity contribution in [3.63, 3.8) is 0 Å². The molecule has 0 aromatic carbocycles. The normalized spacial score (nSPS) is 8.56. The van der Waals surface area contributed by atoms with Crippen molar-refractivity contribution in [2.45, 2.75) is 19.8 Å². The van der Waals surface area contributed by atoms with Gasteiger partial charge in [0.05, 0.1) is 6.61 Å². The molecule has 9 heavy (non-hydrogen) atoms. The van der Waals surface area contributed by atoms with Crippen molar-refractivity contribution in [1.29, 1.82) is 0 Å². The van der Waals surface area contributed by atoms with Crippen molar-refractivity contribution in [3.8, 4) is 0 Å². The van der Waals surface area contributed by atoms with Crippen LogP contribution in [0.25, 0.3) is 0 Å². The Kier molecular flexibility index (Phi) is 5.41. The zero-order chi connectivity index (χ0) is 7.11. The van der Waals surface area contributed by atoms with Gasteiger partial charge in [-0.3, -0.25) is 4.79 Å². The van der Waals surface area contributed by atoms with Gasteiger partial charge < -0.3 is 4.74 Å². The van der Waals surface area contributed by atoms with E-state index in [-0.39, 0.29) is 5.05 Å². The Morgan fingerprint density at radius 1 is 1.78 bits per heavy atom. The zero-order valence-electron chi connectivity index (χ0n) is 5.42. The molecule has 2 nitrogen and oxygen atoms in total. The van der Waals surface area contributed by atoms with E-state index in [4.69, 9.17) is 4.74 Å². The topological polar surface area (TPSA) is 26.3 Å². The van der Waals surface area contributed by atoms with Crippen LogP contribution >= 0.6 is 12.2 Å². The van der Waals surface area contributed by atoms with Crippen LogP contribution in [0.4, 0.5) is 0 Å². The minimum absolute atomic E-state index is 0.0588. The van der Waals surface area contributed by atoms with Gasteiger partial charge >= 0.3 is 0 Å². The molecule has 0 saturated heterocycles. The minimum Gasteiger partial charge on any atom is -0.481 e. The van der Waals surface area contributed by atoms with Gasteiger partial charge in [-0.1, -0.05) is 13.3 Å². The van der Waals surface area contributed by atoms with Crippen LogP contribution in [-0.2, 0) is 9.53 Å². The first kappa shape index (κ1) is 8.56. The standard InChI is InChI=1S/C6H10O2S/c1-2-3-4-8-6(9)5-7/h5H,2-4H2,1H3. The first-order valence-electron chi connectivity index (χ1n) is 2.93. The Balaban J connectivity index is 3.07. The van der Waals surface area contributed by atoms with Gasteiger partial charge in [0.15, 0.2) is 6.29 Å². The van der Waals surface area contributed by atoms with Crippen LogP contribution in [0.3, 0.4) is 0 Å². The second-order valence-electron chi connectivity index (χ2n) is 1.64. The van der Waals surface area contributed by atoms with Gasteiger partial charge in [-0.05, 0) is 18.6 Å². The number of rotatable bonds is 4. The molecule has 0 aromatic rings. The molecule has 0 saturated carbocycles. The Bertz CT molecular complexity index is 101. The van der Waals surface area contributed by atoms with Crippen LogP contribution in [0.5, 0.6) is 0 Å². The average Bonchev–Trinajstić information content (AvgIpc) is 1.89. The number of thiocarbonyl (C=S) groups is 1. The average molecular weight is 146 g/mol. The van der Waals surface area contributed by atoms with E-state index in [0.29, 0.717) is 12.9 Å². The molecule has 0 rings (SSSR count). The Morgan fingerprint density at radius 2 is 2.44 bits per heavy atom. The molecule has 0 aliphatic carbocycles. The quantitative estimate of drug-likeness (QED) is 0.340. The van der Waals surface area contributed by atoms with Crippen molar-refractivity contribution < 1.29 is 9.53 Å². The highest BCUT2D eigenvalue weighted by Gasteiger charge is 1.90. The lowest BCUT2D eigenvalue weighted by atomic mass is 10.4. The van der Waals surface area contributed by atoms with Crippen LogP contribution in [0, 0.1) is 0 Å². The lowest BCUT2D eigenvalue weighted by molar-refractivity contribution is -0.103. The van der Waals surface area contributed by atoms with Gasteiger partial charge in [0, 0.05) is 0 Å². The molecule has 52 valence electrons. The van der Waals surface area contributed by atoms with Crippen molar-refractivity contribution in [2.24, 2.45) is 0 Å². The van der Waals surface area contributed by atoms with Crippen LogP contribution in [0.2, 0.25) is 0 Å². The maximum Gasteiger partial charge on any atom is 0.224 e. The second kappa shape index (κ2) is 5.69. The second-order valence-corrected chi connectivity index (χ2v) is 2.04. The number of hydrogen-bond acceptors (Lipinski definition) is 3. The number of aldehydes is 1. The predicted molar refractivity (Wildman–Crippen MR) is 39.5 cm³/mol. The molecule has 0 spiro atoms. The van der Waals surface area contributed by atoms with Crippen LogP contribution < -0.4 is 0 Å². The molecule has 0 aliphatic heterocycles. The maximum atomic E-state index is 9.83. The molecule has 0 bridgehead atoms. The fraction of sp³-hybridized carbons (Fsp3) is 0.667. The lowest BCUT2D eigenvalue weighted by Crippen LogP contribution is -2.03. The molecule has 0 heterocycles. The van der Waals surface area contributed by atoms with Gasteiger partial charge in [0.25, 0.3) is 0 Å². The smallest absolute Gasteiger partial charge is 0.224 e. The van der Waals surface area contributed by atoms with Crippen LogP contribution in [0.1, 0.15) is 19.8 Å². The largest absolute Gasteiger partial charge is 0.481 e. The van der Waals surface area contributed by atoms with Crippen molar-refractivity contribution in [2.75, 3.05) is 6.61 Å². The van der Waals surface area contributed by atoms with Gasteiger partial charge in [0.2, 0.25) is 5.05 Å². The number of unbranched alkanes of at least 4 members (excludes halogenated alkanes) is 1. The molecule has 0 amide bonds. The van der Waals surface area contributed by atoms with Gasteiger partial charge in [-0.2, -0.15) is 0 Å². The summed E-state index contributed by atoms with van der Waals surface area (Å²) in [5.41, 5.74) is 0. The highest BCUT2D eigenvalue weighted by molar-refractivity contribution is 7.81. The first-order valence-corrected chi connectivity index (χ1v) is 3.34. The van der Waals surface area contributed by atoms with Crippen molar-refractivity contribution in [1.82, 2.24) is 0 Å². The van der Waals surface area contributed by atoms with Gasteiger partial charge in [-0.25, -0.2) is 0 Å².